The van der Waals surface area contributed by atoms with Crippen molar-refractivity contribution in [2.24, 2.45) is 0 Å². The lowest BCUT2D eigenvalue weighted by Crippen LogP contribution is -2.46. The molecule has 0 saturated carbocycles. The van der Waals surface area contributed by atoms with Crippen LogP contribution < -0.4 is 5.32 Å². The van der Waals surface area contributed by atoms with Crippen molar-refractivity contribution in [3.05, 3.63) is 94.8 Å². The van der Waals surface area contributed by atoms with E-state index in [1.54, 1.807) is 67.6 Å². The standard InChI is InChI=1S/C25H21FN4O4/c1-14(16-7-4-6-10-19(16)26)30-22(31)17-8-3-5-9-18(17)25(30,33)15-11-12-20-21(13-15)28-23(27-20)29-24(32)34-2/h3-14,33H,1-2H3,(H2,27,28,29,32). The fourth-order valence-corrected chi connectivity index (χ4v) is 4.52. The summed E-state index contributed by atoms with van der Waals surface area (Å²) in [6.45, 7) is 1.68. The molecule has 2 unspecified atom stereocenters. The number of anilines is 1. The molecule has 172 valence electrons. The molecule has 0 radical (unpaired) electrons. The second kappa shape index (κ2) is 7.96. The minimum absolute atomic E-state index is 0.172. The Morgan fingerprint density at radius 1 is 1.18 bits per heavy atom. The molecule has 5 rings (SSSR count). The average molecular weight is 460 g/mol. The van der Waals surface area contributed by atoms with Gasteiger partial charge in [-0.3, -0.25) is 15.0 Å². The highest BCUT2D eigenvalue weighted by Gasteiger charge is 2.52. The average Bonchev–Trinajstić information content (AvgIpc) is 3.34. The topological polar surface area (TPSA) is 108 Å². The second-order valence-corrected chi connectivity index (χ2v) is 8.02. The Balaban J connectivity index is 1.66. The summed E-state index contributed by atoms with van der Waals surface area (Å²) in [4.78, 5) is 33.6. The van der Waals surface area contributed by atoms with Crippen LogP contribution in [0.1, 0.15) is 40.0 Å². The Morgan fingerprint density at radius 3 is 2.68 bits per heavy atom. The summed E-state index contributed by atoms with van der Waals surface area (Å²) >= 11 is 0. The van der Waals surface area contributed by atoms with Gasteiger partial charge in [-0.15, -0.1) is 0 Å². The molecule has 0 saturated heterocycles. The van der Waals surface area contributed by atoms with Crippen LogP contribution in [0.2, 0.25) is 0 Å². The lowest BCUT2D eigenvalue weighted by molar-refractivity contribution is -0.0681. The highest BCUT2D eigenvalue weighted by Crippen LogP contribution is 2.47. The first-order chi connectivity index (χ1) is 16.3. The van der Waals surface area contributed by atoms with Crippen LogP contribution in [0.25, 0.3) is 11.0 Å². The van der Waals surface area contributed by atoms with E-state index < -0.39 is 29.6 Å². The van der Waals surface area contributed by atoms with Crippen molar-refractivity contribution in [1.29, 1.82) is 0 Å². The van der Waals surface area contributed by atoms with E-state index in [1.807, 2.05) is 0 Å². The molecule has 0 spiro atoms. The number of nitrogens with one attached hydrogen (secondary N) is 2. The van der Waals surface area contributed by atoms with E-state index >= 15 is 0 Å². The van der Waals surface area contributed by atoms with E-state index in [-0.39, 0.29) is 11.5 Å². The number of aromatic nitrogens is 2. The molecule has 4 aromatic rings. The van der Waals surface area contributed by atoms with Crippen molar-refractivity contribution < 1.29 is 23.8 Å². The van der Waals surface area contributed by atoms with Crippen LogP contribution in [0.3, 0.4) is 0 Å². The van der Waals surface area contributed by atoms with Gasteiger partial charge in [-0.2, -0.15) is 0 Å². The van der Waals surface area contributed by atoms with Gasteiger partial charge in [-0.25, -0.2) is 14.2 Å². The number of nitrogens with zero attached hydrogens (tertiary/aromatic N) is 2. The Labute approximate surface area is 194 Å². The number of imidazole rings is 1. The number of aromatic amines is 1. The van der Waals surface area contributed by atoms with Gasteiger partial charge in [-0.1, -0.05) is 42.5 Å². The van der Waals surface area contributed by atoms with Crippen molar-refractivity contribution >= 4 is 29.0 Å². The fourth-order valence-electron chi connectivity index (χ4n) is 4.52. The molecular formula is C25H21FN4O4. The van der Waals surface area contributed by atoms with Gasteiger partial charge in [0.05, 0.1) is 24.2 Å². The number of benzene rings is 3. The van der Waals surface area contributed by atoms with Gasteiger partial charge < -0.3 is 14.8 Å². The minimum Gasteiger partial charge on any atom is -0.453 e. The number of fused-ring (bicyclic) bond motifs is 2. The summed E-state index contributed by atoms with van der Waals surface area (Å²) in [6, 6.07) is 17.2. The van der Waals surface area contributed by atoms with Crippen LogP contribution in [-0.2, 0) is 10.5 Å². The molecule has 1 aromatic heterocycles. The lowest BCUT2D eigenvalue weighted by Gasteiger charge is -2.39. The maximum atomic E-state index is 14.7. The number of rotatable bonds is 4. The SMILES string of the molecule is COC(=O)Nc1nc2ccc(C3(O)c4ccccc4C(=O)N3C(C)c3ccccc3F)cc2[nH]1. The van der Waals surface area contributed by atoms with Crippen LogP contribution in [-0.4, -0.2) is 39.1 Å². The monoisotopic (exact) mass is 460 g/mol. The van der Waals surface area contributed by atoms with Crippen LogP contribution in [0, 0.1) is 5.82 Å². The van der Waals surface area contributed by atoms with E-state index in [2.05, 4.69) is 20.0 Å². The number of methoxy groups -OCH3 is 1. The molecule has 3 aromatic carbocycles. The van der Waals surface area contributed by atoms with Crippen molar-refractivity contribution in [1.82, 2.24) is 14.9 Å². The van der Waals surface area contributed by atoms with Gasteiger partial charge in [-0.05, 0) is 31.2 Å². The summed E-state index contributed by atoms with van der Waals surface area (Å²) in [5.41, 5.74) is 0.590. The van der Waals surface area contributed by atoms with Crippen LogP contribution in [0.5, 0.6) is 0 Å². The van der Waals surface area contributed by atoms with E-state index in [1.165, 1.54) is 18.1 Å². The summed E-state index contributed by atoms with van der Waals surface area (Å²) in [7, 11) is 1.24. The van der Waals surface area contributed by atoms with Crippen molar-refractivity contribution in [3.8, 4) is 0 Å². The zero-order chi connectivity index (χ0) is 24.0. The third-order valence-electron chi connectivity index (χ3n) is 6.13. The van der Waals surface area contributed by atoms with Gasteiger partial charge in [0.15, 0.2) is 5.72 Å². The van der Waals surface area contributed by atoms with Crippen LogP contribution >= 0.6 is 0 Å². The molecule has 8 nitrogen and oxygen atoms in total. The van der Waals surface area contributed by atoms with Crippen LogP contribution in [0.15, 0.2) is 66.7 Å². The maximum Gasteiger partial charge on any atom is 0.413 e. The van der Waals surface area contributed by atoms with Gasteiger partial charge in [0.1, 0.15) is 5.82 Å². The zero-order valence-electron chi connectivity index (χ0n) is 18.4. The fraction of sp³-hybridized carbons (Fsp3) is 0.160. The summed E-state index contributed by atoms with van der Waals surface area (Å²) in [6.07, 6.45) is -0.682. The summed E-state index contributed by atoms with van der Waals surface area (Å²) < 4.78 is 19.3. The number of H-pyrrole nitrogens is 1. The molecule has 34 heavy (non-hydrogen) atoms. The van der Waals surface area contributed by atoms with E-state index in [4.69, 9.17) is 0 Å². The van der Waals surface area contributed by atoms with Gasteiger partial charge in [0.2, 0.25) is 5.95 Å². The molecule has 2 amide bonds. The number of hydrogen-bond donors (Lipinski definition) is 3. The summed E-state index contributed by atoms with van der Waals surface area (Å²) in [5, 5.41) is 14.6. The molecule has 3 N–H and O–H groups in total. The van der Waals surface area contributed by atoms with Crippen molar-refractivity contribution in [2.45, 2.75) is 18.7 Å². The lowest BCUT2D eigenvalue weighted by atomic mass is 9.92. The largest absolute Gasteiger partial charge is 0.453 e. The van der Waals surface area contributed by atoms with E-state index in [9.17, 15) is 19.1 Å². The zero-order valence-corrected chi connectivity index (χ0v) is 18.4. The van der Waals surface area contributed by atoms with Gasteiger partial charge in [0, 0.05) is 22.3 Å². The molecule has 0 bridgehead atoms. The Bertz CT molecular complexity index is 1440. The predicted molar refractivity (Wildman–Crippen MR) is 123 cm³/mol. The van der Waals surface area contributed by atoms with Gasteiger partial charge >= 0.3 is 6.09 Å². The first-order valence-electron chi connectivity index (χ1n) is 10.6. The van der Waals surface area contributed by atoms with Crippen molar-refractivity contribution in [3.63, 3.8) is 0 Å². The molecule has 0 aliphatic carbocycles. The van der Waals surface area contributed by atoms with E-state index in [0.29, 0.717) is 27.7 Å². The third-order valence-corrected chi connectivity index (χ3v) is 6.13. The minimum atomic E-state index is -1.87. The second-order valence-electron chi connectivity index (χ2n) is 8.02. The molecule has 1 aliphatic rings. The Hall–Kier alpha value is -4.24. The Kier molecular flexibility index (Phi) is 5.06. The number of carbonyl (C=O) groups excluding carboxylic acids is 2. The number of amides is 2. The van der Waals surface area contributed by atoms with Gasteiger partial charge in [0.25, 0.3) is 5.91 Å². The first-order valence-corrected chi connectivity index (χ1v) is 10.6. The summed E-state index contributed by atoms with van der Waals surface area (Å²) in [5.74, 6) is -0.708. The predicted octanol–water partition coefficient (Wildman–Crippen LogP) is 4.29. The number of hydrogen-bond acceptors (Lipinski definition) is 5. The highest BCUT2D eigenvalue weighted by molar-refractivity contribution is 6.01. The number of halogens is 1. The number of ether oxygens (including phenoxy) is 1. The normalized spacial score (nSPS) is 18.1. The maximum absolute atomic E-state index is 14.7. The molecule has 2 atom stereocenters. The molecule has 9 heteroatoms. The molecule has 1 aliphatic heterocycles. The molecule has 2 heterocycles. The molecule has 0 fully saturated rings. The third kappa shape index (κ3) is 3.20. The number of aliphatic hydroxyl groups is 1. The smallest absolute Gasteiger partial charge is 0.413 e. The van der Waals surface area contributed by atoms with Crippen LogP contribution in [0.4, 0.5) is 15.1 Å². The first kappa shape index (κ1) is 21.6. The van der Waals surface area contributed by atoms with E-state index in [0.717, 1.165) is 0 Å². The van der Waals surface area contributed by atoms with Crippen molar-refractivity contribution in [2.75, 3.05) is 12.4 Å². The molecular weight excluding hydrogens is 439 g/mol. The highest BCUT2D eigenvalue weighted by atomic mass is 19.1. The number of carbonyl (C=O) groups is 2. The quantitative estimate of drug-likeness (QED) is 0.421. The Morgan fingerprint density at radius 2 is 1.91 bits per heavy atom.